The minimum absolute atomic E-state index is 0.562. The van der Waals surface area contributed by atoms with Gasteiger partial charge >= 0.3 is 0 Å². The standard InChI is InChI=1S/C6H10ClN/c1-3-5-8-6(7)4-2/h4-5H,3H2,1-2H3/b6-4-,8-5-. The molecule has 0 N–H and O–H groups in total. The highest BCUT2D eigenvalue weighted by Crippen LogP contribution is 1.99. The molecule has 0 aromatic heterocycles. The molecule has 0 aliphatic heterocycles. The molecule has 0 amide bonds. The third-order valence-corrected chi connectivity index (χ3v) is 0.951. The fourth-order valence-electron chi connectivity index (χ4n) is 0.253. The van der Waals surface area contributed by atoms with Gasteiger partial charge in [-0.05, 0) is 13.3 Å². The van der Waals surface area contributed by atoms with Crippen molar-refractivity contribution in [2.24, 2.45) is 4.99 Å². The van der Waals surface area contributed by atoms with Gasteiger partial charge in [-0.1, -0.05) is 24.6 Å². The van der Waals surface area contributed by atoms with Crippen LogP contribution in [0.15, 0.2) is 16.2 Å². The Morgan fingerprint density at radius 3 is 2.75 bits per heavy atom. The predicted octanol–water partition coefficient (Wildman–Crippen LogP) is 2.57. The number of halogens is 1. The second-order valence-corrected chi connectivity index (χ2v) is 1.72. The molecule has 0 rings (SSSR count). The summed E-state index contributed by atoms with van der Waals surface area (Å²) in [4.78, 5) is 3.86. The van der Waals surface area contributed by atoms with Crippen LogP contribution in [0, 0.1) is 0 Å². The molecule has 0 radical (unpaired) electrons. The molecule has 0 unspecified atom stereocenters. The zero-order chi connectivity index (χ0) is 6.41. The lowest BCUT2D eigenvalue weighted by atomic mass is 10.5. The number of rotatable bonds is 2. The first-order chi connectivity index (χ1) is 3.81. The van der Waals surface area contributed by atoms with Crippen molar-refractivity contribution in [3.05, 3.63) is 11.2 Å². The summed E-state index contributed by atoms with van der Waals surface area (Å²) in [7, 11) is 0. The van der Waals surface area contributed by atoms with Crippen LogP contribution < -0.4 is 0 Å². The Morgan fingerprint density at radius 2 is 2.38 bits per heavy atom. The van der Waals surface area contributed by atoms with Gasteiger partial charge in [0.2, 0.25) is 0 Å². The summed E-state index contributed by atoms with van der Waals surface area (Å²) in [5.74, 6) is 0. The summed E-state index contributed by atoms with van der Waals surface area (Å²) in [6, 6.07) is 0. The third-order valence-electron chi connectivity index (χ3n) is 0.635. The lowest BCUT2D eigenvalue weighted by Crippen LogP contribution is -1.66. The van der Waals surface area contributed by atoms with Gasteiger partial charge in [0.05, 0.1) is 0 Å². The largest absolute Gasteiger partial charge is 0.249 e. The van der Waals surface area contributed by atoms with Gasteiger partial charge in [-0.2, -0.15) is 0 Å². The molecule has 0 aromatic rings. The van der Waals surface area contributed by atoms with E-state index in [9.17, 15) is 0 Å². The maximum Gasteiger partial charge on any atom is 0.124 e. The molecule has 0 bridgehead atoms. The lowest BCUT2D eigenvalue weighted by molar-refractivity contribution is 1.30. The van der Waals surface area contributed by atoms with E-state index in [-0.39, 0.29) is 0 Å². The van der Waals surface area contributed by atoms with Gasteiger partial charge in [0.1, 0.15) is 5.16 Å². The zero-order valence-corrected chi connectivity index (χ0v) is 5.94. The summed E-state index contributed by atoms with van der Waals surface area (Å²) >= 11 is 5.51. The molecule has 0 aliphatic carbocycles. The van der Waals surface area contributed by atoms with Gasteiger partial charge in [-0.15, -0.1) is 0 Å². The molecule has 0 atom stereocenters. The van der Waals surface area contributed by atoms with Gasteiger partial charge in [-0.3, -0.25) is 0 Å². The maximum absolute atomic E-state index is 5.51. The fourth-order valence-corrected chi connectivity index (χ4v) is 0.322. The number of allylic oxidation sites excluding steroid dienone is 1. The molecular formula is C6H10ClN. The number of nitrogens with zero attached hydrogens (tertiary/aromatic N) is 1. The summed E-state index contributed by atoms with van der Waals surface area (Å²) in [6.07, 6.45) is 4.47. The van der Waals surface area contributed by atoms with Gasteiger partial charge in [-0.25, -0.2) is 4.99 Å². The lowest BCUT2D eigenvalue weighted by Gasteiger charge is -1.81. The van der Waals surface area contributed by atoms with Crippen LogP contribution in [0.3, 0.4) is 0 Å². The molecule has 0 heterocycles. The molecule has 0 aromatic carbocycles. The Hall–Kier alpha value is -0.300. The molecule has 1 nitrogen and oxygen atoms in total. The molecule has 0 spiro atoms. The number of hydrogen-bond donors (Lipinski definition) is 0. The molecule has 2 heteroatoms. The summed E-state index contributed by atoms with van der Waals surface area (Å²) < 4.78 is 0. The second kappa shape index (κ2) is 4.85. The second-order valence-electron chi connectivity index (χ2n) is 1.33. The van der Waals surface area contributed by atoms with Crippen LogP contribution in [0.5, 0.6) is 0 Å². The summed E-state index contributed by atoms with van der Waals surface area (Å²) in [6.45, 7) is 3.87. The molecule has 0 fully saturated rings. The first kappa shape index (κ1) is 7.70. The predicted molar refractivity (Wildman–Crippen MR) is 38.4 cm³/mol. The van der Waals surface area contributed by atoms with E-state index in [0.717, 1.165) is 6.42 Å². The Morgan fingerprint density at radius 1 is 1.75 bits per heavy atom. The van der Waals surface area contributed by atoms with Crippen molar-refractivity contribution >= 4 is 17.8 Å². The summed E-state index contributed by atoms with van der Waals surface area (Å²) in [5, 5.41) is 0.562. The van der Waals surface area contributed by atoms with Gasteiger partial charge < -0.3 is 0 Å². The quantitative estimate of drug-likeness (QED) is 0.404. The van der Waals surface area contributed by atoms with E-state index in [1.54, 1.807) is 12.3 Å². The third kappa shape index (κ3) is 3.88. The van der Waals surface area contributed by atoms with Crippen molar-refractivity contribution in [3.8, 4) is 0 Å². The van der Waals surface area contributed by atoms with E-state index in [2.05, 4.69) is 4.99 Å². The first-order valence-corrected chi connectivity index (χ1v) is 3.03. The van der Waals surface area contributed by atoms with Crippen LogP contribution in [-0.2, 0) is 0 Å². The van der Waals surface area contributed by atoms with Crippen LogP contribution in [0.1, 0.15) is 20.3 Å². The zero-order valence-electron chi connectivity index (χ0n) is 5.19. The van der Waals surface area contributed by atoms with Gasteiger partial charge in [0.15, 0.2) is 0 Å². The Kier molecular flexibility index (Phi) is 4.67. The van der Waals surface area contributed by atoms with E-state index < -0.39 is 0 Å². The fraction of sp³-hybridized carbons (Fsp3) is 0.500. The molecule has 0 saturated carbocycles. The maximum atomic E-state index is 5.51. The smallest absolute Gasteiger partial charge is 0.124 e. The minimum atomic E-state index is 0.562. The molecule has 0 aliphatic rings. The van der Waals surface area contributed by atoms with E-state index in [4.69, 9.17) is 11.6 Å². The Labute approximate surface area is 55.1 Å². The van der Waals surface area contributed by atoms with Crippen LogP contribution in [-0.4, -0.2) is 6.21 Å². The number of hydrogen-bond acceptors (Lipinski definition) is 1. The van der Waals surface area contributed by atoms with Gasteiger partial charge in [0, 0.05) is 6.21 Å². The molecule has 0 saturated heterocycles. The molecule has 8 heavy (non-hydrogen) atoms. The van der Waals surface area contributed by atoms with E-state index in [1.165, 1.54) is 0 Å². The highest BCUT2D eigenvalue weighted by Gasteiger charge is 1.76. The van der Waals surface area contributed by atoms with Crippen LogP contribution in [0.2, 0.25) is 0 Å². The van der Waals surface area contributed by atoms with Gasteiger partial charge in [0.25, 0.3) is 0 Å². The highest BCUT2D eigenvalue weighted by atomic mass is 35.5. The van der Waals surface area contributed by atoms with Crippen LogP contribution >= 0.6 is 11.6 Å². The average Bonchev–Trinajstić information content (AvgIpc) is 1.83. The summed E-state index contributed by atoms with van der Waals surface area (Å²) in [5.41, 5.74) is 0. The van der Waals surface area contributed by atoms with Crippen molar-refractivity contribution in [2.45, 2.75) is 20.3 Å². The van der Waals surface area contributed by atoms with E-state index in [0.29, 0.717) is 5.16 Å². The highest BCUT2D eigenvalue weighted by molar-refractivity contribution is 6.29. The number of aliphatic imine (C=N–C) groups is 1. The van der Waals surface area contributed by atoms with Crippen LogP contribution in [0.25, 0.3) is 0 Å². The topological polar surface area (TPSA) is 12.4 Å². The van der Waals surface area contributed by atoms with Crippen molar-refractivity contribution in [1.29, 1.82) is 0 Å². The van der Waals surface area contributed by atoms with Crippen LogP contribution in [0.4, 0.5) is 0 Å². The van der Waals surface area contributed by atoms with Crippen molar-refractivity contribution in [1.82, 2.24) is 0 Å². The van der Waals surface area contributed by atoms with E-state index in [1.807, 2.05) is 13.8 Å². The molecule has 46 valence electrons. The van der Waals surface area contributed by atoms with Crippen molar-refractivity contribution < 1.29 is 0 Å². The Bertz CT molecular complexity index is 105. The average molecular weight is 132 g/mol. The monoisotopic (exact) mass is 131 g/mol. The normalized spacial score (nSPS) is 13.1. The van der Waals surface area contributed by atoms with E-state index >= 15 is 0 Å². The Balaban J connectivity index is 3.53. The van der Waals surface area contributed by atoms with Crippen molar-refractivity contribution in [2.75, 3.05) is 0 Å². The van der Waals surface area contributed by atoms with Crippen molar-refractivity contribution in [3.63, 3.8) is 0 Å². The molecular weight excluding hydrogens is 122 g/mol. The SMILES string of the molecule is C/C=C(Cl)\N=C/CC. The first-order valence-electron chi connectivity index (χ1n) is 2.65. The minimum Gasteiger partial charge on any atom is -0.249 e.